The zero-order valence-electron chi connectivity index (χ0n) is 12.4. The molecule has 2 heterocycles. The van der Waals surface area contributed by atoms with Crippen molar-refractivity contribution in [3.63, 3.8) is 0 Å². The summed E-state index contributed by atoms with van der Waals surface area (Å²) in [5.74, 6) is 1.56. The number of nitrogens with one attached hydrogen (secondary N) is 1. The molecule has 0 unspecified atom stereocenters. The molecule has 1 aliphatic rings. The zero-order valence-corrected chi connectivity index (χ0v) is 13.2. The van der Waals surface area contributed by atoms with Crippen molar-refractivity contribution in [1.29, 1.82) is 0 Å². The first-order valence-corrected chi connectivity index (χ1v) is 8.25. The molecule has 20 heavy (non-hydrogen) atoms. The molecule has 112 valence electrons. The van der Waals surface area contributed by atoms with Crippen LogP contribution in [0, 0.1) is 5.92 Å². The van der Waals surface area contributed by atoms with Crippen molar-refractivity contribution in [2.24, 2.45) is 5.92 Å². The summed E-state index contributed by atoms with van der Waals surface area (Å²) in [4.78, 5) is 15.4. The molecule has 0 saturated carbocycles. The van der Waals surface area contributed by atoms with Gasteiger partial charge in [-0.05, 0) is 38.3 Å². The molecular weight excluding hydrogens is 272 g/mol. The van der Waals surface area contributed by atoms with Crippen LogP contribution in [-0.2, 0) is 0 Å². The van der Waals surface area contributed by atoms with Crippen LogP contribution < -0.4 is 10.1 Å². The lowest BCUT2D eigenvalue weighted by Crippen LogP contribution is -2.39. The number of piperidine rings is 1. The Morgan fingerprint density at radius 3 is 2.85 bits per heavy atom. The second kappa shape index (κ2) is 7.64. The monoisotopic (exact) mass is 296 g/mol. The van der Waals surface area contributed by atoms with E-state index in [4.69, 9.17) is 4.74 Å². The number of ether oxygens (including phenoxy) is 1. The Bertz CT molecular complexity index is 427. The molecule has 0 spiro atoms. The summed E-state index contributed by atoms with van der Waals surface area (Å²) >= 11 is 1.47. The highest BCUT2D eigenvalue weighted by Gasteiger charge is 2.22. The topological polar surface area (TPSA) is 41.6 Å². The second-order valence-corrected chi connectivity index (χ2v) is 6.21. The lowest BCUT2D eigenvalue weighted by molar-refractivity contribution is 0.0721. The van der Waals surface area contributed by atoms with Crippen molar-refractivity contribution < 1.29 is 9.53 Å². The highest BCUT2D eigenvalue weighted by atomic mass is 32.1. The molecule has 1 aromatic heterocycles. The van der Waals surface area contributed by atoms with Gasteiger partial charge in [-0.2, -0.15) is 0 Å². The summed E-state index contributed by atoms with van der Waals surface area (Å²) < 4.78 is 5.17. The van der Waals surface area contributed by atoms with E-state index in [2.05, 4.69) is 12.2 Å². The third-order valence-corrected chi connectivity index (χ3v) is 4.64. The van der Waals surface area contributed by atoms with Gasteiger partial charge in [0, 0.05) is 24.5 Å². The van der Waals surface area contributed by atoms with E-state index in [1.54, 1.807) is 7.11 Å². The SMILES string of the molecule is CCCN(CC1CCNCC1)C(=O)c1cc(OC)cs1. The van der Waals surface area contributed by atoms with Gasteiger partial charge in [0.05, 0.1) is 12.0 Å². The molecule has 1 N–H and O–H groups in total. The molecule has 4 nitrogen and oxygen atoms in total. The third-order valence-electron chi connectivity index (χ3n) is 3.74. The van der Waals surface area contributed by atoms with Gasteiger partial charge in [-0.1, -0.05) is 6.92 Å². The zero-order chi connectivity index (χ0) is 14.4. The smallest absolute Gasteiger partial charge is 0.264 e. The minimum atomic E-state index is 0.152. The van der Waals surface area contributed by atoms with Gasteiger partial charge in [-0.25, -0.2) is 0 Å². The van der Waals surface area contributed by atoms with E-state index in [-0.39, 0.29) is 5.91 Å². The van der Waals surface area contributed by atoms with Crippen LogP contribution >= 0.6 is 11.3 Å². The van der Waals surface area contributed by atoms with Crippen molar-refractivity contribution in [2.45, 2.75) is 26.2 Å². The van der Waals surface area contributed by atoms with Crippen molar-refractivity contribution in [3.8, 4) is 5.75 Å². The fourth-order valence-corrected chi connectivity index (χ4v) is 3.44. The number of hydrogen-bond acceptors (Lipinski definition) is 4. The van der Waals surface area contributed by atoms with E-state index in [1.807, 2.05) is 16.3 Å². The fourth-order valence-electron chi connectivity index (χ4n) is 2.62. The maximum absolute atomic E-state index is 12.6. The van der Waals surface area contributed by atoms with E-state index >= 15 is 0 Å². The Hall–Kier alpha value is -1.07. The maximum Gasteiger partial charge on any atom is 0.264 e. The summed E-state index contributed by atoms with van der Waals surface area (Å²) in [6, 6.07) is 1.85. The number of amides is 1. The summed E-state index contributed by atoms with van der Waals surface area (Å²) in [5.41, 5.74) is 0. The standard InChI is InChI=1S/C15H24N2O2S/c1-3-8-17(10-12-4-6-16-7-5-12)15(18)14-9-13(19-2)11-20-14/h9,11-12,16H,3-8,10H2,1-2H3. The van der Waals surface area contributed by atoms with Crippen molar-refractivity contribution >= 4 is 17.2 Å². The van der Waals surface area contributed by atoms with Gasteiger partial charge in [0.15, 0.2) is 0 Å². The number of carbonyl (C=O) groups is 1. The Labute approximate surface area is 125 Å². The Morgan fingerprint density at radius 2 is 2.25 bits per heavy atom. The summed E-state index contributed by atoms with van der Waals surface area (Å²) in [7, 11) is 1.63. The maximum atomic E-state index is 12.6. The Kier molecular flexibility index (Phi) is 5.86. The Morgan fingerprint density at radius 1 is 1.50 bits per heavy atom. The lowest BCUT2D eigenvalue weighted by Gasteiger charge is -2.29. The van der Waals surface area contributed by atoms with Crippen molar-refractivity contribution in [2.75, 3.05) is 33.3 Å². The molecule has 2 rings (SSSR count). The first-order valence-electron chi connectivity index (χ1n) is 7.37. The van der Waals surface area contributed by atoms with Crippen LogP contribution in [0.15, 0.2) is 11.4 Å². The summed E-state index contributed by atoms with van der Waals surface area (Å²) in [5, 5.41) is 5.26. The molecule has 1 amide bonds. The summed E-state index contributed by atoms with van der Waals surface area (Å²) in [6.07, 6.45) is 3.34. The van der Waals surface area contributed by atoms with Gasteiger partial charge < -0.3 is 15.0 Å². The van der Waals surface area contributed by atoms with Crippen LogP contribution in [-0.4, -0.2) is 44.1 Å². The van der Waals surface area contributed by atoms with Gasteiger partial charge >= 0.3 is 0 Å². The number of hydrogen-bond donors (Lipinski definition) is 1. The number of rotatable bonds is 6. The predicted molar refractivity (Wildman–Crippen MR) is 82.7 cm³/mol. The molecule has 0 atom stereocenters. The lowest BCUT2D eigenvalue weighted by atomic mass is 9.97. The first-order chi connectivity index (χ1) is 9.74. The van der Waals surface area contributed by atoms with Crippen LogP contribution in [0.5, 0.6) is 5.75 Å². The van der Waals surface area contributed by atoms with Crippen molar-refractivity contribution in [1.82, 2.24) is 10.2 Å². The molecule has 0 bridgehead atoms. The highest BCUT2D eigenvalue weighted by molar-refractivity contribution is 7.12. The molecule has 1 fully saturated rings. The fraction of sp³-hybridized carbons (Fsp3) is 0.667. The molecule has 5 heteroatoms. The van der Waals surface area contributed by atoms with E-state index < -0.39 is 0 Å². The quantitative estimate of drug-likeness (QED) is 0.877. The van der Waals surface area contributed by atoms with Crippen LogP contribution in [0.4, 0.5) is 0 Å². The van der Waals surface area contributed by atoms with Crippen LogP contribution in [0.25, 0.3) is 0 Å². The molecule has 0 aromatic carbocycles. The van der Waals surface area contributed by atoms with E-state index in [0.717, 1.165) is 43.2 Å². The average molecular weight is 296 g/mol. The number of thiophene rings is 1. The van der Waals surface area contributed by atoms with Crippen LogP contribution in [0.1, 0.15) is 35.9 Å². The van der Waals surface area contributed by atoms with Gasteiger partial charge in [-0.15, -0.1) is 11.3 Å². The van der Waals surface area contributed by atoms with Gasteiger partial charge in [-0.3, -0.25) is 4.79 Å². The Balaban J connectivity index is 2.00. The minimum absolute atomic E-state index is 0.152. The first kappa shape index (κ1) is 15.3. The predicted octanol–water partition coefficient (Wildman–Crippen LogP) is 2.61. The molecule has 0 radical (unpaired) electrons. The number of nitrogens with zero attached hydrogens (tertiary/aromatic N) is 1. The van der Waals surface area contributed by atoms with Gasteiger partial charge in [0.25, 0.3) is 5.91 Å². The molecule has 1 aromatic rings. The summed E-state index contributed by atoms with van der Waals surface area (Å²) in [6.45, 7) is 5.99. The third kappa shape index (κ3) is 3.96. The normalized spacial score (nSPS) is 16.1. The highest BCUT2D eigenvalue weighted by Crippen LogP contribution is 2.24. The second-order valence-electron chi connectivity index (χ2n) is 5.30. The number of methoxy groups -OCH3 is 1. The molecule has 1 saturated heterocycles. The van der Waals surface area contributed by atoms with Crippen molar-refractivity contribution in [3.05, 3.63) is 16.3 Å². The molecular formula is C15H24N2O2S. The van der Waals surface area contributed by atoms with Crippen LogP contribution in [0.3, 0.4) is 0 Å². The number of carbonyl (C=O) groups excluding carboxylic acids is 1. The van der Waals surface area contributed by atoms with Gasteiger partial charge in [0.1, 0.15) is 5.75 Å². The molecule has 1 aliphatic heterocycles. The van der Waals surface area contributed by atoms with Gasteiger partial charge in [0.2, 0.25) is 0 Å². The largest absolute Gasteiger partial charge is 0.496 e. The minimum Gasteiger partial charge on any atom is -0.496 e. The van der Waals surface area contributed by atoms with E-state index in [9.17, 15) is 4.79 Å². The molecule has 0 aliphatic carbocycles. The van der Waals surface area contributed by atoms with E-state index in [1.165, 1.54) is 24.2 Å². The average Bonchev–Trinajstić information content (AvgIpc) is 2.96. The van der Waals surface area contributed by atoms with Crippen LogP contribution in [0.2, 0.25) is 0 Å². The van der Waals surface area contributed by atoms with E-state index in [0.29, 0.717) is 5.92 Å².